The van der Waals surface area contributed by atoms with E-state index >= 15 is 0 Å². The zero-order chi connectivity index (χ0) is 21.2. The smallest absolute Gasteiger partial charge is 0.325 e. The Morgan fingerprint density at radius 2 is 2.14 bits per heavy atom. The number of carboxylic acid groups (broad SMARTS) is 1. The van der Waals surface area contributed by atoms with Crippen LogP contribution < -0.4 is 10.6 Å². The van der Waals surface area contributed by atoms with Gasteiger partial charge in [-0.15, -0.1) is 20.4 Å². The molecule has 2 rings (SSSR count). The largest absolute Gasteiger partial charge is 0.480 e. The molecule has 0 aromatic carbocycles. The summed E-state index contributed by atoms with van der Waals surface area (Å²) in [5.41, 5.74) is 3.04. The summed E-state index contributed by atoms with van der Waals surface area (Å²) in [5.74, 6) is 0.647. The summed E-state index contributed by atoms with van der Waals surface area (Å²) in [5, 5.41) is 32.1. The summed E-state index contributed by atoms with van der Waals surface area (Å²) in [6, 6.07) is 1.02. The summed E-state index contributed by atoms with van der Waals surface area (Å²) in [6.07, 6.45) is 4.58. The Labute approximate surface area is 175 Å². The predicted octanol–water partition coefficient (Wildman–Crippen LogP) is 5.17. The number of carbonyl (C=O) groups is 1. The lowest BCUT2D eigenvalue weighted by Gasteiger charge is -2.18. The van der Waals surface area contributed by atoms with Crippen LogP contribution in [-0.2, 0) is 4.79 Å². The Kier molecular flexibility index (Phi) is 8.91. The van der Waals surface area contributed by atoms with Crippen molar-refractivity contribution >= 4 is 39.8 Å². The molecule has 0 radical (unpaired) electrons. The van der Waals surface area contributed by atoms with Crippen molar-refractivity contribution in [2.24, 2.45) is 16.1 Å². The second-order valence-corrected chi connectivity index (χ2v) is 7.76. The lowest BCUT2D eigenvalue weighted by molar-refractivity contribution is -0.137. The normalized spacial score (nSPS) is 13.4. The van der Waals surface area contributed by atoms with Gasteiger partial charge in [0.25, 0.3) is 5.13 Å². The molecule has 10 heteroatoms. The molecule has 158 valence electrons. The number of unbranched alkanes of at least 4 members (excludes halogenated alkanes) is 1. The molecular formula is C19H29N7O2S. The first-order chi connectivity index (χ1) is 13.9. The number of hydrogen-bond acceptors (Lipinski definition) is 9. The highest BCUT2D eigenvalue weighted by atomic mass is 32.1. The Balaban J connectivity index is 2.28. The van der Waals surface area contributed by atoms with Crippen LogP contribution in [-0.4, -0.2) is 38.8 Å². The molecule has 9 nitrogen and oxygen atoms in total. The number of pyridine rings is 1. The first-order valence-electron chi connectivity index (χ1n) is 9.87. The van der Waals surface area contributed by atoms with E-state index in [1.54, 1.807) is 18.5 Å². The number of azo groups is 1. The van der Waals surface area contributed by atoms with Crippen LogP contribution >= 0.6 is 11.3 Å². The number of hydrogen-bond donors (Lipinski definition) is 3. The standard InChI is InChI=1S/C19H29N7O2S/c1-5-7-8-14(6-2)10-20-17-16(24-26-19-25-21-11-29-19)12(3)9-15(23-17)22-13(4)18(27)28/h9,11,13-14H,5-8,10H2,1-4H3,(H,27,28)(H2,20,22,23). The fraction of sp³-hybridized carbons (Fsp3) is 0.579. The van der Waals surface area contributed by atoms with Crippen molar-refractivity contribution in [1.29, 1.82) is 0 Å². The highest BCUT2D eigenvalue weighted by Crippen LogP contribution is 2.32. The second kappa shape index (κ2) is 11.4. The van der Waals surface area contributed by atoms with Crippen molar-refractivity contribution in [1.82, 2.24) is 15.2 Å². The summed E-state index contributed by atoms with van der Waals surface area (Å²) >= 11 is 1.30. The molecule has 0 aliphatic rings. The number of aromatic nitrogens is 3. The fourth-order valence-electron chi connectivity index (χ4n) is 2.76. The average molecular weight is 420 g/mol. The molecule has 2 aromatic rings. The maximum Gasteiger partial charge on any atom is 0.325 e. The summed E-state index contributed by atoms with van der Waals surface area (Å²) in [6.45, 7) is 8.61. The molecule has 2 unspecified atom stereocenters. The molecule has 0 aliphatic carbocycles. The molecule has 0 bridgehead atoms. The van der Waals surface area contributed by atoms with E-state index < -0.39 is 12.0 Å². The third-order valence-electron chi connectivity index (χ3n) is 4.60. The van der Waals surface area contributed by atoms with Gasteiger partial charge in [-0.25, -0.2) is 4.98 Å². The van der Waals surface area contributed by atoms with Gasteiger partial charge < -0.3 is 15.7 Å². The highest BCUT2D eigenvalue weighted by Gasteiger charge is 2.16. The van der Waals surface area contributed by atoms with E-state index in [1.165, 1.54) is 24.2 Å². The van der Waals surface area contributed by atoms with Gasteiger partial charge in [0.1, 0.15) is 23.1 Å². The van der Waals surface area contributed by atoms with Crippen LogP contribution in [0.4, 0.5) is 22.5 Å². The minimum Gasteiger partial charge on any atom is -0.480 e. The van der Waals surface area contributed by atoms with Gasteiger partial charge in [0.05, 0.1) is 0 Å². The first kappa shape index (κ1) is 22.7. The van der Waals surface area contributed by atoms with Crippen molar-refractivity contribution in [2.75, 3.05) is 17.2 Å². The molecule has 0 amide bonds. The highest BCUT2D eigenvalue weighted by molar-refractivity contribution is 7.13. The van der Waals surface area contributed by atoms with Gasteiger partial charge in [0, 0.05) is 6.54 Å². The zero-order valence-corrected chi connectivity index (χ0v) is 18.2. The van der Waals surface area contributed by atoms with E-state index in [4.69, 9.17) is 5.11 Å². The molecule has 0 aliphatic heterocycles. The van der Waals surface area contributed by atoms with Gasteiger partial charge in [0.15, 0.2) is 5.82 Å². The fourth-order valence-corrected chi connectivity index (χ4v) is 3.13. The number of nitrogens with one attached hydrogen (secondary N) is 2. The van der Waals surface area contributed by atoms with Gasteiger partial charge in [0.2, 0.25) is 0 Å². The second-order valence-electron chi connectivity index (χ2n) is 6.94. The monoisotopic (exact) mass is 419 g/mol. The van der Waals surface area contributed by atoms with Crippen LogP contribution in [0.15, 0.2) is 21.8 Å². The van der Waals surface area contributed by atoms with E-state index in [9.17, 15) is 4.79 Å². The number of carboxylic acids is 1. The minimum absolute atomic E-state index is 0.464. The van der Waals surface area contributed by atoms with Crippen LogP contribution in [0.3, 0.4) is 0 Å². The molecule has 29 heavy (non-hydrogen) atoms. The Hall–Kier alpha value is -2.62. The topological polar surface area (TPSA) is 125 Å². The Morgan fingerprint density at radius 1 is 1.34 bits per heavy atom. The predicted molar refractivity (Wildman–Crippen MR) is 116 cm³/mol. The molecule has 2 heterocycles. The molecule has 0 saturated heterocycles. The molecule has 2 aromatic heterocycles. The quantitative estimate of drug-likeness (QED) is 0.405. The van der Waals surface area contributed by atoms with E-state index in [2.05, 4.69) is 49.9 Å². The first-order valence-corrected chi connectivity index (χ1v) is 10.7. The molecule has 0 fully saturated rings. The van der Waals surface area contributed by atoms with E-state index in [0.29, 0.717) is 28.4 Å². The lowest BCUT2D eigenvalue weighted by Crippen LogP contribution is -2.26. The van der Waals surface area contributed by atoms with Crippen molar-refractivity contribution in [3.63, 3.8) is 0 Å². The summed E-state index contributed by atoms with van der Waals surface area (Å²) in [7, 11) is 0. The number of nitrogens with zero attached hydrogens (tertiary/aromatic N) is 5. The number of aryl methyl sites for hydroxylation is 1. The maximum absolute atomic E-state index is 11.2. The van der Waals surface area contributed by atoms with E-state index in [0.717, 1.165) is 24.9 Å². The van der Waals surface area contributed by atoms with E-state index in [1.807, 2.05) is 6.92 Å². The molecule has 0 saturated carbocycles. The van der Waals surface area contributed by atoms with Crippen LogP contribution in [0.1, 0.15) is 52.0 Å². The van der Waals surface area contributed by atoms with Crippen LogP contribution in [0.2, 0.25) is 0 Å². The van der Waals surface area contributed by atoms with Crippen LogP contribution in [0.25, 0.3) is 0 Å². The molecule has 2 atom stereocenters. The molecular weight excluding hydrogens is 390 g/mol. The molecule has 3 N–H and O–H groups in total. The van der Waals surface area contributed by atoms with Gasteiger partial charge in [-0.05, 0) is 37.8 Å². The summed E-state index contributed by atoms with van der Waals surface area (Å²) in [4.78, 5) is 15.7. The number of aliphatic carboxylic acids is 1. The van der Waals surface area contributed by atoms with Crippen molar-refractivity contribution < 1.29 is 9.90 Å². The SMILES string of the molecule is CCCCC(CC)CNc1nc(NC(C)C(=O)O)cc(C)c1N=Nc1nncs1. The van der Waals surface area contributed by atoms with Gasteiger partial charge >= 0.3 is 5.97 Å². The minimum atomic E-state index is -0.940. The third kappa shape index (κ3) is 7.04. The molecule has 0 spiro atoms. The third-order valence-corrected chi connectivity index (χ3v) is 5.18. The zero-order valence-electron chi connectivity index (χ0n) is 17.3. The van der Waals surface area contributed by atoms with E-state index in [-0.39, 0.29) is 0 Å². The Bertz CT molecular complexity index is 811. The van der Waals surface area contributed by atoms with Crippen LogP contribution in [0, 0.1) is 12.8 Å². The maximum atomic E-state index is 11.2. The van der Waals surface area contributed by atoms with Crippen molar-refractivity contribution in [3.05, 3.63) is 17.1 Å². The van der Waals surface area contributed by atoms with Crippen molar-refractivity contribution in [3.8, 4) is 0 Å². The average Bonchev–Trinajstić information content (AvgIpc) is 3.20. The number of rotatable bonds is 12. The van der Waals surface area contributed by atoms with Crippen LogP contribution in [0.5, 0.6) is 0 Å². The number of anilines is 2. The van der Waals surface area contributed by atoms with Crippen molar-refractivity contribution in [2.45, 2.75) is 59.4 Å². The Morgan fingerprint density at radius 3 is 2.76 bits per heavy atom. The summed E-state index contributed by atoms with van der Waals surface area (Å²) < 4.78 is 0. The van der Waals surface area contributed by atoms with Gasteiger partial charge in [-0.1, -0.05) is 44.4 Å². The lowest BCUT2D eigenvalue weighted by atomic mass is 9.99. The van der Waals surface area contributed by atoms with Gasteiger partial charge in [-0.2, -0.15) is 0 Å². The van der Waals surface area contributed by atoms with Gasteiger partial charge in [-0.3, -0.25) is 4.79 Å².